The number of ether oxygens (including phenoxy) is 2. The molecule has 5 nitrogen and oxygen atoms in total. The number of carbonyl (C=O) groups excluding carboxylic acids is 1. The fraction of sp³-hybridized carbons (Fsp3) is 0.333. The molecule has 2 aromatic carbocycles. The number of aromatic nitrogens is 1. The van der Waals surface area contributed by atoms with Crippen LogP contribution in [0, 0.1) is 0 Å². The first-order valence-electron chi connectivity index (χ1n) is 9.14. The maximum atomic E-state index is 12.1. The second-order valence-electron chi connectivity index (χ2n) is 6.25. The number of methoxy groups -OCH3 is 1. The number of hydrogen-bond donors (Lipinski definition) is 1. The van der Waals surface area contributed by atoms with E-state index in [-0.39, 0.29) is 5.91 Å². The molecular formula is C21H24N2O3S. The van der Waals surface area contributed by atoms with Gasteiger partial charge in [0.2, 0.25) is 5.91 Å². The molecule has 1 aromatic heterocycles. The Bertz CT molecular complexity index is 890. The molecule has 0 atom stereocenters. The molecule has 6 heteroatoms. The summed E-state index contributed by atoms with van der Waals surface area (Å²) in [5, 5.41) is 3.47. The topological polar surface area (TPSA) is 60.5 Å². The van der Waals surface area contributed by atoms with Gasteiger partial charge in [-0.3, -0.25) is 4.79 Å². The van der Waals surface area contributed by atoms with Crippen molar-refractivity contribution in [2.24, 2.45) is 0 Å². The molecule has 0 aliphatic carbocycles. The third-order valence-electron chi connectivity index (χ3n) is 4.12. The van der Waals surface area contributed by atoms with Crippen LogP contribution in [0.5, 0.6) is 11.5 Å². The molecule has 1 heterocycles. The molecule has 0 spiro atoms. The summed E-state index contributed by atoms with van der Waals surface area (Å²) in [6.45, 7) is 2.68. The van der Waals surface area contributed by atoms with Crippen molar-refractivity contribution in [3.05, 3.63) is 48.0 Å². The van der Waals surface area contributed by atoms with Crippen molar-refractivity contribution < 1.29 is 14.3 Å². The third kappa shape index (κ3) is 5.44. The highest BCUT2D eigenvalue weighted by atomic mass is 32.1. The number of rotatable bonds is 9. The molecule has 0 aliphatic rings. The highest BCUT2D eigenvalue weighted by Crippen LogP contribution is 2.29. The summed E-state index contributed by atoms with van der Waals surface area (Å²) in [6.07, 6.45) is 3.27. The van der Waals surface area contributed by atoms with Crippen LogP contribution >= 0.6 is 11.3 Å². The Labute approximate surface area is 163 Å². The van der Waals surface area contributed by atoms with E-state index in [2.05, 4.69) is 29.4 Å². The second kappa shape index (κ2) is 9.37. The van der Waals surface area contributed by atoms with Crippen LogP contribution in [0.1, 0.15) is 31.7 Å². The molecule has 0 saturated heterocycles. The Balaban J connectivity index is 1.43. The van der Waals surface area contributed by atoms with E-state index in [0.717, 1.165) is 34.6 Å². The summed E-state index contributed by atoms with van der Waals surface area (Å²) in [6, 6.07) is 13.8. The molecule has 3 aromatic rings. The minimum atomic E-state index is -0.0529. The van der Waals surface area contributed by atoms with E-state index < -0.39 is 0 Å². The Morgan fingerprint density at radius 3 is 2.67 bits per heavy atom. The molecule has 0 unspecified atom stereocenters. The number of amides is 1. The Kier molecular flexibility index (Phi) is 6.65. The lowest BCUT2D eigenvalue weighted by Gasteiger charge is -2.07. The fourth-order valence-corrected chi connectivity index (χ4v) is 3.64. The number of aryl methyl sites for hydroxylation is 1. The van der Waals surface area contributed by atoms with Crippen molar-refractivity contribution in [2.75, 3.05) is 19.0 Å². The smallest absolute Gasteiger partial charge is 0.226 e. The zero-order valence-electron chi connectivity index (χ0n) is 15.7. The van der Waals surface area contributed by atoms with Crippen molar-refractivity contribution in [3.8, 4) is 11.5 Å². The SMILES string of the molecule is CCCc1ccc(OCCCC(=O)Nc2nc3ccc(OC)cc3s2)cc1. The van der Waals surface area contributed by atoms with Gasteiger partial charge in [-0.1, -0.05) is 36.8 Å². The molecule has 0 fully saturated rings. The van der Waals surface area contributed by atoms with E-state index in [4.69, 9.17) is 9.47 Å². The molecule has 0 aliphatic heterocycles. The van der Waals surface area contributed by atoms with Gasteiger partial charge in [-0.05, 0) is 48.7 Å². The Morgan fingerprint density at radius 2 is 1.93 bits per heavy atom. The lowest BCUT2D eigenvalue weighted by Crippen LogP contribution is -2.12. The van der Waals surface area contributed by atoms with Gasteiger partial charge in [0, 0.05) is 6.42 Å². The van der Waals surface area contributed by atoms with Crippen LogP contribution in [0.3, 0.4) is 0 Å². The van der Waals surface area contributed by atoms with Gasteiger partial charge >= 0.3 is 0 Å². The number of carbonyl (C=O) groups is 1. The molecular weight excluding hydrogens is 360 g/mol. The molecule has 0 bridgehead atoms. The highest BCUT2D eigenvalue weighted by molar-refractivity contribution is 7.22. The summed E-state index contributed by atoms with van der Waals surface area (Å²) >= 11 is 1.44. The molecule has 0 radical (unpaired) electrons. The van der Waals surface area contributed by atoms with E-state index >= 15 is 0 Å². The number of fused-ring (bicyclic) bond motifs is 1. The van der Waals surface area contributed by atoms with Crippen LogP contribution in [0.15, 0.2) is 42.5 Å². The predicted octanol–water partition coefficient (Wildman–Crippen LogP) is 5.06. The van der Waals surface area contributed by atoms with Crippen LogP contribution in [0.2, 0.25) is 0 Å². The van der Waals surface area contributed by atoms with E-state index in [9.17, 15) is 4.79 Å². The van der Waals surface area contributed by atoms with Crippen molar-refractivity contribution in [1.82, 2.24) is 4.98 Å². The Morgan fingerprint density at radius 1 is 1.15 bits per heavy atom. The molecule has 27 heavy (non-hydrogen) atoms. The molecule has 3 rings (SSSR count). The molecule has 1 N–H and O–H groups in total. The second-order valence-corrected chi connectivity index (χ2v) is 7.28. The number of hydrogen-bond acceptors (Lipinski definition) is 5. The first kappa shape index (κ1) is 19.2. The van der Waals surface area contributed by atoms with Crippen molar-refractivity contribution in [3.63, 3.8) is 0 Å². The maximum absolute atomic E-state index is 12.1. The van der Waals surface area contributed by atoms with Gasteiger partial charge < -0.3 is 14.8 Å². The number of nitrogens with one attached hydrogen (secondary N) is 1. The lowest BCUT2D eigenvalue weighted by molar-refractivity contribution is -0.116. The van der Waals surface area contributed by atoms with Crippen LogP contribution < -0.4 is 14.8 Å². The van der Waals surface area contributed by atoms with Gasteiger partial charge in [-0.25, -0.2) is 4.98 Å². The summed E-state index contributed by atoms with van der Waals surface area (Å²) in [7, 11) is 1.63. The number of thiazole rings is 1. The van der Waals surface area contributed by atoms with Gasteiger partial charge in [0.05, 0.1) is 23.9 Å². The van der Waals surface area contributed by atoms with Crippen LogP contribution in [0.25, 0.3) is 10.2 Å². The fourth-order valence-electron chi connectivity index (χ4n) is 2.73. The number of anilines is 1. The quantitative estimate of drug-likeness (QED) is 0.524. The molecule has 0 saturated carbocycles. The first-order valence-corrected chi connectivity index (χ1v) is 9.95. The van der Waals surface area contributed by atoms with Crippen molar-refractivity contribution in [2.45, 2.75) is 32.6 Å². The highest BCUT2D eigenvalue weighted by Gasteiger charge is 2.09. The van der Waals surface area contributed by atoms with E-state index in [0.29, 0.717) is 24.6 Å². The van der Waals surface area contributed by atoms with Gasteiger partial charge in [0.1, 0.15) is 11.5 Å². The Hall–Kier alpha value is -2.60. The largest absolute Gasteiger partial charge is 0.497 e. The van der Waals surface area contributed by atoms with Crippen LogP contribution in [-0.2, 0) is 11.2 Å². The first-order chi connectivity index (χ1) is 13.2. The average Bonchev–Trinajstić information content (AvgIpc) is 3.07. The summed E-state index contributed by atoms with van der Waals surface area (Å²) in [5.41, 5.74) is 2.17. The standard InChI is InChI=1S/C21H24N2O3S/c1-3-5-15-7-9-16(10-8-15)26-13-4-6-20(24)23-21-22-18-12-11-17(25-2)14-19(18)27-21/h7-12,14H,3-6,13H2,1-2H3,(H,22,23,24). The van der Waals surface area contributed by atoms with Gasteiger partial charge in [-0.15, -0.1) is 0 Å². The van der Waals surface area contributed by atoms with Crippen LogP contribution in [-0.4, -0.2) is 24.6 Å². The van der Waals surface area contributed by atoms with Gasteiger partial charge in [0.15, 0.2) is 5.13 Å². The van der Waals surface area contributed by atoms with E-state index in [1.807, 2.05) is 30.3 Å². The molecule has 1 amide bonds. The normalized spacial score (nSPS) is 10.7. The molecule has 142 valence electrons. The van der Waals surface area contributed by atoms with Gasteiger partial charge in [0.25, 0.3) is 0 Å². The van der Waals surface area contributed by atoms with E-state index in [1.54, 1.807) is 7.11 Å². The maximum Gasteiger partial charge on any atom is 0.226 e. The lowest BCUT2D eigenvalue weighted by atomic mass is 10.1. The predicted molar refractivity (Wildman–Crippen MR) is 110 cm³/mol. The average molecular weight is 385 g/mol. The number of benzene rings is 2. The third-order valence-corrected chi connectivity index (χ3v) is 5.05. The summed E-state index contributed by atoms with van der Waals surface area (Å²) in [4.78, 5) is 16.5. The summed E-state index contributed by atoms with van der Waals surface area (Å²) < 4.78 is 11.9. The van der Waals surface area contributed by atoms with Crippen LogP contribution in [0.4, 0.5) is 5.13 Å². The zero-order chi connectivity index (χ0) is 19.1. The van der Waals surface area contributed by atoms with Crippen molar-refractivity contribution >= 4 is 32.6 Å². The minimum absolute atomic E-state index is 0.0529. The minimum Gasteiger partial charge on any atom is -0.497 e. The van der Waals surface area contributed by atoms with E-state index in [1.165, 1.54) is 16.9 Å². The zero-order valence-corrected chi connectivity index (χ0v) is 16.5. The van der Waals surface area contributed by atoms with Gasteiger partial charge in [-0.2, -0.15) is 0 Å². The monoisotopic (exact) mass is 384 g/mol. The number of nitrogens with zero attached hydrogens (tertiary/aromatic N) is 1. The van der Waals surface area contributed by atoms with Crippen molar-refractivity contribution in [1.29, 1.82) is 0 Å². The summed E-state index contributed by atoms with van der Waals surface area (Å²) in [5.74, 6) is 1.57.